The van der Waals surface area contributed by atoms with Gasteiger partial charge in [-0.2, -0.15) is 5.26 Å². The molecule has 4 nitrogen and oxygen atoms in total. The summed E-state index contributed by atoms with van der Waals surface area (Å²) < 4.78 is 10.2. The van der Waals surface area contributed by atoms with Gasteiger partial charge in [0.1, 0.15) is 6.61 Å². The van der Waals surface area contributed by atoms with E-state index in [1.165, 1.54) is 6.08 Å². The van der Waals surface area contributed by atoms with Crippen molar-refractivity contribution < 1.29 is 14.3 Å². The van der Waals surface area contributed by atoms with Gasteiger partial charge in [-0.1, -0.05) is 19.1 Å². The van der Waals surface area contributed by atoms with Crippen LogP contribution in [0.1, 0.15) is 18.1 Å². The number of ether oxygens (including phenoxy) is 2. The second-order valence-electron chi connectivity index (χ2n) is 4.98. The number of hydrogen-bond donors (Lipinski definition) is 0. The van der Waals surface area contributed by atoms with Crippen LogP contribution in [-0.2, 0) is 14.3 Å². The zero-order valence-corrected chi connectivity index (χ0v) is 10.8. The zero-order chi connectivity index (χ0) is 13.7. The quantitative estimate of drug-likeness (QED) is 0.612. The van der Waals surface area contributed by atoms with E-state index in [0.29, 0.717) is 25.4 Å². The highest BCUT2D eigenvalue weighted by Crippen LogP contribution is 2.26. The smallest absolute Gasteiger partial charge is 0.330 e. The highest BCUT2D eigenvalue weighted by Gasteiger charge is 2.34. The van der Waals surface area contributed by atoms with E-state index in [2.05, 4.69) is 6.07 Å². The van der Waals surface area contributed by atoms with E-state index in [1.54, 1.807) is 24.3 Å². The van der Waals surface area contributed by atoms with Gasteiger partial charge in [0.25, 0.3) is 0 Å². The number of carbonyl (C=O) groups is 1. The fraction of sp³-hybridized carbons (Fsp3) is 0.333. The van der Waals surface area contributed by atoms with Gasteiger partial charge in [-0.25, -0.2) is 4.79 Å². The summed E-state index contributed by atoms with van der Waals surface area (Å²) in [6, 6.07) is 9.08. The summed E-state index contributed by atoms with van der Waals surface area (Å²) >= 11 is 0. The van der Waals surface area contributed by atoms with Crippen LogP contribution in [0.3, 0.4) is 0 Å². The lowest BCUT2D eigenvalue weighted by Gasteiger charge is -2.36. The van der Waals surface area contributed by atoms with Crippen molar-refractivity contribution in [3.63, 3.8) is 0 Å². The Morgan fingerprint density at radius 1 is 1.58 bits per heavy atom. The lowest BCUT2D eigenvalue weighted by Crippen LogP contribution is -2.43. The molecule has 1 saturated heterocycles. The topological polar surface area (TPSA) is 59.3 Å². The molecule has 1 heterocycles. The van der Waals surface area contributed by atoms with Crippen LogP contribution in [0, 0.1) is 16.7 Å². The normalized spacial score (nSPS) is 16.6. The third-order valence-electron chi connectivity index (χ3n) is 2.89. The monoisotopic (exact) mass is 257 g/mol. The molecule has 0 aromatic heterocycles. The molecule has 0 saturated carbocycles. The molecule has 98 valence electrons. The number of nitriles is 1. The first-order valence-electron chi connectivity index (χ1n) is 6.04. The standard InChI is InChI=1S/C15H15NO3/c1-15(9-18-10-15)11-19-14(17)6-5-12-3-2-4-13(7-12)8-16/h2-7H,9-11H2,1H3/b6-5+. The van der Waals surface area contributed by atoms with Crippen molar-refractivity contribution in [3.8, 4) is 6.07 Å². The molecule has 0 bridgehead atoms. The molecule has 0 unspecified atom stereocenters. The summed E-state index contributed by atoms with van der Waals surface area (Å²) in [5.74, 6) is -0.379. The first kappa shape index (κ1) is 13.3. The van der Waals surface area contributed by atoms with Crippen LogP contribution < -0.4 is 0 Å². The maximum Gasteiger partial charge on any atom is 0.330 e. The minimum absolute atomic E-state index is 0.0375. The number of carbonyl (C=O) groups excluding carboxylic acids is 1. The SMILES string of the molecule is CC1(COC(=O)/C=C/c2cccc(C#N)c2)COC1. The largest absolute Gasteiger partial charge is 0.462 e. The Morgan fingerprint density at radius 3 is 3.00 bits per heavy atom. The molecule has 4 heteroatoms. The molecule has 1 aromatic carbocycles. The predicted molar refractivity (Wildman–Crippen MR) is 70.1 cm³/mol. The van der Waals surface area contributed by atoms with Crippen LogP contribution in [0.4, 0.5) is 0 Å². The third-order valence-corrected chi connectivity index (χ3v) is 2.89. The van der Waals surface area contributed by atoms with Crippen LogP contribution >= 0.6 is 0 Å². The van der Waals surface area contributed by atoms with E-state index in [-0.39, 0.29) is 11.4 Å². The van der Waals surface area contributed by atoms with Gasteiger partial charge in [0.05, 0.1) is 24.8 Å². The van der Waals surface area contributed by atoms with Crippen LogP contribution in [0.25, 0.3) is 6.08 Å². The Morgan fingerprint density at radius 2 is 2.37 bits per heavy atom. The molecule has 19 heavy (non-hydrogen) atoms. The molecular weight excluding hydrogens is 242 g/mol. The number of esters is 1. The lowest BCUT2D eigenvalue weighted by atomic mass is 9.90. The van der Waals surface area contributed by atoms with Crippen molar-refractivity contribution in [3.05, 3.63) is 41.5 Å². The van der Waals surface area contributed by atoms with Crippen molar-refractivity contribution in [2.24, 2.45) is 5.41 Å². The van der Waals surface area contributed by atoms with Gasteiger partial charge in [-0.15, -0.1) is 0 Å². The Labute approximate surface area is 112 Å². The molecule has 1 aliphatic rings. The van der Waals surface area contributed by atoms with Crippen molar-refractivity contribution >= 4 is 12.0 Å². The fourth-order valence-corrected chi connectivity index (χ4v) is 1.70. The van der Waals surface area contributed by atoms with Crippen molar-refractivity contribution in [1.29, 1.82) is 5.26 Å². The van der Waals surface area contributed by atoms with Crippen molar-refractivity contribution in [1.82, 2.24) is 0 Å². The number of benzene rings is 1. The Hall–Kier alpha value is -2.12. The molecule has 2 rings (SSSR count). The maximum atomic E-state index is 11.5. The highest BCUT2D eigenvalue weighted by atomic mass is 16.5. The number of hydrogen-bond acceptors (Lipinski definition) is 4. The summed E-state index contributed by atoms with van der Waals surface area (Å²) in [7, 11) is 0. The Bertz CT molecular complexity index is 539. The molecule has 0 amide bonds. The van der Waals surface area contributed by atoms with Crippen LogP contribution in [-0.4, -0.2) is 25.8 Å². The lowest BCUT2D eigenvalue weighted by molar-refractivity contribution is -0.160. The van der Waals surface area contributed by atoms with Gasteiger partial charge < -0.3 is 9.47 Å². The molecule has 0 spiro atoms. The minimum Gasteiger partial charge on any atom is -0.462 e. The number of rotatable bonds is 4. The van der Waals surface area contributed by atoms with Crippen molar-refractivity contribution in [2.45, 2.75) is 6.92 Å². The molecule has 1 fully saturated rings. The van der Waals surface area contributed by atoms with Gasteiger partial charge in [-0.05, 0) is 23.8 Å². The first-order valence-corrected chi connectivity index (χ1v) is 6.04. The van der Waals surface area contributed by atoms with Gasteiger partial charge in [-0.3, -0.25) is 0 Å². The molecule has 0 N–H and O–H groups in total. The van der Waals surface area contributed by atoms with Crippen LogP contribution in [0.2, 0.25) is 0 Å². The van der Waals surface area contributed by atoms with Gasteiger partial charge in [0.2, 0.25) is 0 Å². The molecule has 1 aliphatic heterocycles. The van der Waals surface area contributed by atoms with E-state index >= 15 is 0 Å². The molecule has 0 atom stereocenters. The van der Waals surface area contributed by atoms with E-state index in [0.717, 1.165) is 5.56 Å². The molecule has 1 aromatic rings. The van der Waals surface area contributed by atoms with E-state index in [4.69, 9.17) is 14.7 Å². The second-order valence-corrected chi connectivity index (χ2v) is 4.98. The maximum absolute atomic E-state index is 11.5. The molecule has 0 radical (unpaired) electrons. The van der Waals surface area contributed by atoms with Crippen molar-refractivity contribution in [2.75, 3.05) is 19.8 Å². The average Bonchev–Trinajstić information content (AvgIpc) is 2.41. The second kappa shape index (κ2) is 5.68. The summed E-state index contributed by atoms with van der Waals surface area (Å²) in [6.45, 7) is 3.65. The Kier molecular flexibility index (Phi) is 3.98. The summed E-state index contributed by atoms with van der Waals surface area (Å²) in [5.41, 5.74) is 1.33. The average molecular weight is 257 g/mol. The predicted octanol–water partition coefficient (Wildman–Crippen LogP) is 2.15. The van der Waals surface area contributed by atoms with Gasteiger partial charge in [0, 0.05) is 11.5 Å². The van der Waals surface area contributed by atoms with Gasteiger partial charge >= 0.3 is 5.97 Å². The fourth-order valence-electron chi connectivity index (χ4n) is 1.70. The molecule has 0 aliphatic carbocycles. The minimum atomic E-state index is -0.379. The molecular formula is C15H15NO3. The van der Waals surface area contributed by atoms with Crippen LogP contribution in [0.15, 0.2) is 30.3 Å². The Balaban J connectivity index is 1.87. The summed E-state index contributed by atoms with van der Waals surface area (Å²) in [4.78, 5) is 11.5. The van der Waals surface area contributed by atoms with E-state index < -0.39 is 0 Å². The van der Waals surface area contributed by atoms with Crippen LogP contribution in [0.5, 0.6) is 0 Å². The first-order chi connectivity index (χ1) is 9.11. The van der Waals surface area contributed by atoms with Gasteiger partial charge in [0.15, 0.2) is 0 Å². The summed E-state index contributed by atoms with van der Waals surface area (Å²) in [6.07, 6.45) is 3.02. The zero-order valence-electron chi connectivity index (χ0n) is 10.8. The van der Waals surface area contributed by atoms with E-state index in [9.17, 15) is 4.79 Å². The highest BCUT2D eigenvalue weighted by molar-refractivity contribution is 5.87. The summed E-state index contributed by atoms with van der Waals surface area (Å²) in [5, 5.41) is 8.77. The number of nitrogens with zero attached hydrogens (tertiary/aromatic N) is 1. The van der Waals surface area contributed by atoms with E-state index in [1.807, 2.05) is 13.0 Å². The third kappa shape index (κ3) is 3.67.